The van der Waals surface area contributed by atoms with Gasteiger partial charge in [-0.25, -0.2) is 4.98 Å². The Bertz CT molecular complexity index is 1130. The molecule has 0 unspecified atom stereocenters. The number of nitrogens with zero attached hydrogens (tertiary/aromatic N) is 1. The summed E-state index contributed by atoms with van der Waals surface area (Å²) < 4.78 is 39.2. The quantitative estimate of drug-likeness (QED) is 0.437. The lowest BCUT2D eigenvalue weighted by atomic mass is 9.90. The third-order valence-corrected chi connectivity index (χ3v) is 5.59. The first-order valence-electron chi connectivity index (χ1n) is 9.48. The highest BCUT2D eigenvalue weighted by Gasteiger charge is 2.33. The molecule has 0 saturated heterocycles. The monoisotopic (exact) mass is 463 g/mol. The molecule has 1 amide bonds. The van der Waals surface area contributed by atoms with Crippen molar-refractivity contribution in [2.45, 2.75) is 32.0 Å². The van der Waals surface area contributed by atoms with E-state index in [0.717, 1.165) is 17.4 Å². The lowest BCUT2D eigenvalue weighted by molar-refractivity contribution is -0.142. The van der Waals surface area contributed by atoms with Crippen LogP contribution in [0.1, 0.15) is 41.0 Å². The smallest absolute Gasteiger partial charge is 0.418 e. The minimum atomic E-state index is -4.46. The molecule has 3 N–H and O–H groups in total. The largest absolute Gasteiger partial charge is 0.481 e. The first-order chi connectivity index (χ1) is 15.0. The average Bonchev–Trinajstić information content (AvgIpc) is 3.21. The molecule has 0 aliphatic heterocycles. The summed E-state index contributed by atoms with van der Waals surface area (Å²) in [5.41, 5.74) is -0.586. The van der Waals surface area contributed by atoms with Gasteiger partial charge >= 0.3 is 12.1 Å². The summed E-state index contributed by atoms with van der Waals surface area (Å²) in [7, 11) is 0. The van der Waals surface area contributed by atoms with Crippen molar-refractivity contribution in [2.75, 3.05) is 10.6 Å². The van der Waals surface area contributed by atoms with E-state index in [1.807, 2.05) is 0 Å². The maximum Gasteiger partial charge on any atom is 0.418 e. The summed E-state index contributed by atoms with van der Waals surface area (Å²) >= 11 is 1.12. The third-order valence-electron chi connectivity index (χ3n) is 4.83. The third kappa shape index (κ3) is 5.25. The first kappa shape index (κ1) is 23.3. The SMILES string of the molecule is CC(C)(C(=O)O)c1csc(NC(=O)c2ccc(CNc3ccccc3C(F)(F)F)cc2)n1. The fourth-order valence-electron chi connectivity index (χ4n) is 2.75. The molecule has 6 nitrogen and oxygen atoms in total. The van der Waals surface area contributed by atoms with Crippen LogP contribution in [0, 0.1) is 0 Å². The lowest BCUT2D eigenvalue weighted by Gasteiger charge is -2.15. The molecule has 2 aromatic carbocycles. The number of carbonyl (C=O) groups excluding carboxylic acids is 1. The number of carboxylic acid groups (broad SMARTS) is 1. The predicted octanol–water partition coefficient (Wildman–Crippen LogP) is 5.39. The zero-order chi connectivity index (χ0) is 23.5. The number of nitrogens with one attached hydrogen (secondary N) is 2. The highest BCUT2D eigenvalue weighted by atomic mass is 32.1. The Morgan fingerprint density at radius 3 is 2.34 bits per heavy atom. The van der Waals surface area contributed by atoms with Gasteiger partial charge in [0, 0.05) is 23.2 Å². The number of rotatable bonds is 7. The molecule has 0 fully saturated rings. The van der Waals surface area contributed by atoms with Crippen molar-refractivity contribution in [3.63, 3.8) is 0 Å². The second-order valence-corrected chi connectivity index (χ2v) is 8.37. The Balaban J connectivity index is 1.64. The number of aromatic nitrogens is 1. The average molecular weight is 463 g/mol. The molecule has 10 heteroatoms. The maximum absolute atomic E-state index is 13.1. The summed E-state index contributed by atoms with van der Waals surface area (Å²) in [5, 5.41) is 16.5. The van der Waals surface area contributed by atoms with E-state index in [-0.39, 0.29) is 17.4 Å². The Kier molecular flexibility index (Phi) is 6.54. The van der Waals surface area contributed by atoms with Crippen LogP contribution in [0.25, 0.3) is 0 Å². The Hall–Kier alpha value is -3.40. The van der Waals surface area contributed by atoms with Gasteiger partial charge in [0.2, 0.25) is 0 Å². The Morgan fingerprint density at radius 1 is 1.06 bits per heavy atom. The molecule has 0 saturated carbocycles. The number of carbonyl (C=O) groups is 2. The number of para-hydroxylation sites is 1. The summed E-state index contributed by atoms with van der Waals surface area (Å²) in [5.74, 6) is -1.45. The van der Waals surface area contributed by atoms with E-state index in [1.165, 1.54) is 32.0 Å². The van der Waals surface area contributed by atoms with Crippen molar-refractivity contribution < 1.29 is 27.9 Å². The molecule has 0 radical (unpaired) electrons. The van der Waals surface area contributed by atoms with E-state index in [0.29, 0.717) is 16.8 Å². The predicted molar refractivity (Wildman–Crippen MR) is 116 cm³/mol. The molecule has 3 rings (SSSR count). The van der Waals surface area contributed by atoms with E-state index in [9.17, 15) is 27.9 Å². The number of halogens is 3. The molecule has 1 heterocycles. The Labute approximate surface area is 186 Å². The lowest BCUT2D eigenvalue weighted by Crippen LogP contribution is -2.28. The molecule has 0 aliphatic rings. The van der Waals surface area contributed by atoms with Crippen LogP contribution in [0.4, 0.5) is 24.0 Å². The molecule has 0 atom stereocenters. The van der Waals surface area contributed by atoms with Crippen LogP contribution in [-0.2, 0) is 22.9 Å². The molecular formula is C22H20F3N3O3S. The van der Waals surface area contributed by atoms with Crippen molar-refractivity contribution >= 4 is 34.0 Å². The van der Waals surface area contributed by atoms with Gasteiger partial charge in [0.05, 0.1) is 11.3 Å². The second kappa shape index (κ2) is 8.99. The van der Waals surface area contributed by atoms with Gasteiger partial charge in [-0.2, -0.15) is 13.2 Å². The number of hydrogen-bond acceptors (Lipinski definition) is 5. The summed E-state index contributed by atoms with van der Waals surface area (Å²) in [4.78, 5) is 28.0. The van der Waals surface area contributed by atoms with Crippen molar-refractivity contribution in [1.82, 2.24) is 4.98 Å². The van der Waals surface area contributed by atoms with Gasteiger partial charge in [0.1, 0.15) is 5.41 Å². The number of thiazole rings is 1. The molecule has 0 aliphatic carbocycles. The topological polar surface area (TPSA) is 91.3 Å². The van der Waals surface area contributed by atoms with Gasteiger partial charge in [-0.3, -0.25) is 14.9 Å². The van der Waals surface area contributed by atoms with Crippen LogP contribution >= 0.6 is 11.3 Å². The van der Waals surface area contributed by atoms with Crippen LogP contribution in [0.5, 0.6) is 0 Å². The van der Waals surface area contributed by atoms with E-state index in [2.05, 4.69) is 15.6 Å². The van der Waals surface area contributed by atoms with Gasteiger partial charge in [-0.1, -0.05) is 24.3 Å². The molecule has 1 aromatic heterocycles. The number of anilines is 2. The molecular weight excluding hydrogens is 443 g/mol. The summed E-state index contributed by atoms with van der Waals surface area (Å²) in [6.45, 7) is 3.20. The zero-order valence-electron chi connectivity index (χ0n) is 17.2. The van der Waals surface area contributed by atoms with Crippen molar-refractivity contribution in [3.8, 4) is 0 Å². The highest BCUT2D eigenvalue weighted by Crippen LogP contribution is 2.34. The minimum absolute atomic E-state index is 0.0225. The van der Waals surface area contributed by atoms with E-state index in [4.69, 9.17) is 0 Å². The van der Waals surface area contributed by atoms with Gasteiger partial charge in [0.15, 0.2) is 5.13 Å². The molecule has 168 valence electrons. The van der Waals surface area contributed by atoms with Crippen LogP contribution in [0.15, 0.2) is 53.9 Å². The molecule has 32 heavy (non-hydrogen) atoms. The van der Waals surface area contributed by atoms with E-state index < -0.39 is 29.0 Å². The van der Waals surface area contributed by atoms with E-state index in [1.54, 1.807) is 29.6 Å². The number of hydrogen-bond donors (Lipinski definition) is 3. The fourth-order valence-corrected chi connectivity index (χ4v) is 3.63. The van der Waals surface area contributed by atoms with Gasteiger partial charge in [0.25, 0.3) is 5.91 Å². The number of alkyl halides is 3. The fraction of sp³-hybridized carbons (Fsp3) is 0.227. The number of benzene rings is 2. The van der Waals surface area contributed by atoms with E-state index >= 15 is 0 Å². The normalized spacial score (nSPS) is 11.8. The summed E-state index contributed by atoms with van der Waals surface area (Å²) in [6.07, 6.45) is -4.46. The molecule has 3 aromatic rings. The Morgan fingerprint density at radius 2 is 1.72 bits per heavy atom. The van der Waals surface area contributed by atoms with Crippen molar-refractivity contribution in [3.05, 3.63) is 76.3 Å². The number of carboxylic acids is 1. The highest BCUT2D eigenvalue weighted by molar-refractivity contribution is 7.14. The van der Waals surface area contributed by atoms with Crippen LogP contribution in [0.2, 0.25) is 0 Å². The number of amides is 1. The minimum Gasteiger partial charge on any atom is -0.481 e. The standard InChI is InChI=1S/C22H20F3N3O3S/c1-21(2,19(30)31)17-12-32-20(27-17)28-18(29)14-9-7-13(8-10-14)11-26-16-6-4-3-5-15(16)22(23,24)25/h3-10,12,26H,11H2,1-2H3,(H,30,31)(H,27,28,29). The van der Waals surface area contributed by atoms with Crippen LogP contribution < -0.4 is 10.6 Å². The van der Waals surface area contributed by atoms with Crippen LogP contribution in [0.3, 0.4) is 0 Å². The van der Waals surface area contributed by atoms with Gasteiger partial charge in [-0.05, 0) is 43.7 Å². The van der Waals surface area contributed by atoms with Crippen LogP contribution in [-0.4, -0.2) is 22.0 Å². The second-order valence-electron chi connectivity index (χ2n) is 7.52. The molecule has 0 spiro atoms. The maximum atomic E-state index is 13.1. The van der Waals surface area contributed by atoms with Crippen molar-refractivity contribution in [2.24, 2.45) is 0 Å². The first-order valence-corrected chi connectivity index (χ1v) is 10.4. The van der Waals surface area contributed by atoms with Crippen molar-refractivity contribution in [1.29, 1.82) is 0 Å². The zero-order valence-corrected chi connectivity index (χ0v) is 18.0. The molecule has 0 bridgehead atoms. The number of aliphatic carboxylic acids is 1. The van der Waals surface area contributed by atoms with Gasteiger partial charge in [-0.15, -0.1) is 11.3 Å². The summed E-state index contributed by atoms with van der Waals surface area (Å²) in [6, 6.07) is 11.6. The van der Waals surface area contributed by atoms with Gasteiger partial charge < -0.3 is 10.4 Å².